The lowest BCUT2D eigenvalue weighted by molar-refractivity contribution is 1.01. The number of rotatable bonds is 8. The van der Waals surface area contributed by atoms with Crippen LogP contribution in [0.15, 0.2) is 261 Å². The summed E-state index contributed by atoms with van der Waals surface area (Å²) in [6.45, 7) is 0. The Labute approximate surface area is 537 Å². The first-order chi connectivity index (χ1) is 46.4. The maximum Gasteiger partial charge on any atom is 0.163 e. The second-order valence-corrected chi connectivity index (χ2v) is 23.3. The SMILES string of the molecule is N#Cc1ccc2c(c1)c1cc(C#N)ccc1n2-c1nc(-c2ccc(-n3c4ccccc4c4ccccc43)cc2)c(-n2c3ccc(C#N)cc3c3cc(C#N)ccc32)c(-c2c(-c3ccccc3)cccc2-c2ccccc2)c1-n1c2ccc(C#N)cc2c2cc(C#N)ccc21. The van der Waals surface area contributed by atoms with Crippen molar-refractivity contribution in [3.8, 4) is 104 Å². The van der Waals surface area contributed by atoms with Crippen molar-refractivity contribution in [2.45, 2.75) is 0 Å². The molecule has 0 atom stereocenters. The van der Waals surface area contributed by atoms with Gasteiger partial charge in [0.1, 0.15) is 0 Å². The third kappa shape index (κ3) is 8.15. The fourth-order valence-electron chi connectivity index (χ4n) is 14.3. The van der Waals surface area contributed by atoms with Crippen molar-refractivity contribution in [3.63, 3.8) is 0 Å². The van der Waals surface area contributed by atoms with Crippen LogP contribution in [-0.4, -0.2) is 23.3 Å². The van der Waals surface area contributed by atoms with E-state index in [0.717, 1.165) is 104 Å². The number of pyridine rings is 1. The molecule has 0 bridgehead atoms. The Balaban J connectivity index is 1.17. The van der Waals surface area contributed by atoms with Crippen LogP contribution < -0.4 is 0 Å². The number of nitriles is 6. The minimum Gasteiger partial charge on any atom is -0.309 e. The maximum absolute atomic E-state index is 10.7. The molecule has 0 saturated heterocycles. The zero-order chi connectivity index (χ0) is 63.3. The van der Waals surface area contributed by atoms with Gasteiger partial charge in [-0.2, -0.15) is 31.6 Å². The van der Waals surface area contributed by atoms with E-state index < -0.39 is 0 Å². The van der Waals surface area contributed by atoms with Crippen LogP contribution in [0.4, 0.5) is 0 Å². The van der Waals surface area contributed by atoms with E-state index in [0.29, 0.717) is 83.9 Å². The molecule has 0 fully saturated rings. The summed E-state index contributed by atoms with van der Waals surface area (Å²) in [6, 6.07) is 101. The fraction of sp³-hybridized carbons (Fsp3) is 0. The van der Waals surface area contributed by atoms with Crippen LogP contribution in [0.2, 0.25) is 0 Å². The van der Waals surface area contributed by atoms with Crippen molar-refractivity contribution >= 4 is 87.2 Å². The largest absolute Gasteiger partial charge is 0.309 e. The predicted octanol–water partition coefficient (Wildman–Crippen LogP) is 19.4. The Bertz CT molecular complexity index is 6090. The molecule has 0 aliphatic carbocycles. The molecular formula is C83H43N11. The minimum atomic E-state index is 0.427. The molecule has 11 nitrogen and oxygen atoms in total. The van der Waals surface area contributed by atoms with Crippen molar-refractivity contribution in [2.75, 3.05) is 0 Å². The lowest BCUT2D eigenvalue weighted by Crippen LogP contribution is -2.14. The lowest BCUT2D eigenvalue weighted by Gasteiger charge is -2.28. The van der Waals surface area contributed by atoms with Gasteiger partial charge >= 0.3 is 0 Å². The van der Waals surface area contributed by atoms with E-state index in [9.17, 15) is 31.6 Å². The summed E-state index contributed by atoms with van der Waals surface area (Å²) in [6.07, 6.45) is 0. The van der Waals surface area contributed by atoms with Gasteiger partial charge in [0.05, 0.1) is 131 Å². The number of para-hydroxylation sites is 2. The zero-order valence-corrected chi connectivity index (χ0v) is 49.7. The maximum atomic E-state index is 10.7. The van der Waals surface area contributed by atoms with Crippen molar-refractivity contribution in [2.24, 2.45) is 0 Å². The highest BCUT2D eigenvalue weighted by Crippen LogP contribution is 2.53. The van der Waals surface area contributed by atoms with Gasteiger partial charge in [0.15, 0.2) is 5.82 Å². The summed E-state index contributed by atoms with van der Waals surface area (Å²) in [5.41, 5.74) is 17.6. The fourth-order valence-corrected chi connectivity index (χ4v) is 14.3. The van der Waals surface area contributed by atoms with Gasteiger partial charge in [-0.1, -0.05) is 127 Å². The lowest BCUT2D eigenvalue weighted by atomic mass is 9.85. The van der Waals surface area contributed by atoms with Crippen molar-refractivity contribution in [1.29, 1.82) is 31.6 Å². The second kappa shape index (κ2) is 21.3. The molecule has 0 spiro atoms. The van der Waals surface area contributed by atoms with Gasteiger partial charge in [-0.15, -0.1) is 0 Å². The average molecular weight is 1190 g/mol. The molecule has 0 radical (unpaired) electrons. The van der Waals surface area contributed by atoms with Gasteiger partial charge in [0.2, 0.25) is 0 Å². The van der Waals surface area contributed by atoms with E-state index in [1.54, 1.807) is 12.1 Å². The van der Waals surface area contributed by atoms with Crippen LogP contribution in [-0.2, 0) is 0 Å². The first kappa shape index (κ1) is 54.1. The number of fused-ring (bicyclic) bond motifs is 12. The van der Waals surface area contributed by atoms with E-state index >= 15 is 0 Å². The molecule has 0 saturated carbocycles. The Kier molecular flexibility index (Phi) is 12.3. The molecule has 94 heavy (non-hydrogen) atoms. The molecule has 430 valence electrons. The first-order valence-electron chi connectivity index (χ1n) is 30.4. The summed E-state index contributed by atoms with van der Waals surface area (Å²) in [7, 11) is 0. The number of hydrogen-bond acceptors (Lipinski definition) is 7. The highest BCUT2D eigenvalue weighted by molar-refractivity contribution is 6.17. The van der Waals surface area contributed by atoms with Gasteiger partial charge in [-0.3, -0.25) is 4.57 Å². The van der Waals surface area contributed by atoms with E-state index in [1.165, 1.54) is 0 Å². The van der Waals surface area contributed by atoms with Crippen LogP contribution in [0.5, 0.6) is 0 Å². The zero-order valence-electron chi connectivity index (χ0n) is 49.7. The second-order valence-electron chi connectivity index (χ2n) is 23.3. The van der Waals surface area contributed by atoms with E-state index in [1.807, 2.05) is 133 Å². The number of benzene rings is 12. The number of aromatic nitrogens is 5. The quantitative estimate of drug-likeness (QED) is 0.145. The van der Waals surface area contributed by atoms with Crippen molar-refractivity contribution in [1.82, 2.24) is 23.3 Å². The van der Waals surface area contributed by atoms with Crippen molar-refractivity contribution < 1.29 is 0 Å². The third-order valence-corrected chi connectivity index (χ3v) is 18.3. The van der Waals surface area contributed by atoms with Gasteiger partial charge in [-0.05, 0) is 156 Å². The van der Waals surface area contributed by atoms with E-state index in [4.69, 9.17) is 4.98 Å². The van der Waals surface area contributed by atoms with E-state index in [2.05, 4.69) is 170 Å². The number of hydrogen-bond donors (Lipinski definition) is 0. The standard InChI is InChI=1S/C83H43N11/c84-44-50-22-32-72-64(38-50)65-39-51(45-85)23-33-73(65)92(72)81-79(78-60(56-12-3-1-4-13-56)18-11-19-61(78)57-14-5-2-6-15-57)82(93-74-34-24-52(46-86)40-66(74)67-41-53(47-87)25-35-75(67)93)83(94-76-36-26-54(48-88)42-68(76)69-43-55(49-89)27-37-77(69)94)90-80(81)58-28-30-59(31-29-58)91-70-20-9-7-16-62(70)63-17-8-10-21-71(63)91/h1-43H. The summed E-state index contributed by atoms with van der Waals surface area (Å²) in [4.78, 5) is 6.30. The molecule has 5 heterocycles. The Hall–Kier alpha value is -14.1. The monoisotopic (exact) mass is 1190 g/mol. The molecule has 11 heteroatoms. The normalized spacial score (nSPS) is 11.3. The topological polar surface area (TPSA) is 175 Å². The molecule has 5 aromatic heterocycles. The van der Waals surface area contributed by atoms with Crippen LogP contribution >= 0.6 is 0 Å². The number of nitrogens with zero attached hydrogens (tertiary/aromatic N) is 11. The average Bonchev–Trinajstić information content (AvgIpc) is 1.38. The van der Waals surface area contributed by atoms with Crippen LogP contribution in [0, 0.1) is 68.0 Å². The van der Waals surface area contributed by atoms with Gasteiger partial charge in [0, 0.05) is 65.5 Å². The molecule has 0 N–H and O–H groups in total. The molecule has 17 rings (SSSR count). The van der Waals surface area contributed by atoms with Gasteiger partial charge in [-0.25, -0.2) is 4.98 Å². The molecule has 12 aromatic carbocycles. The Morgan fingerprint density at radius 2 is 0.574 bits per heavy atom. The molecule has 0 amide bonds. The third-order valence-electron chi connectivity index (χ3n) is 18.3. The molecule has 0 aliphatic heterocycles. The summed E-state index contributed by atoms with van der Waals surface area (Å²) in [5.74, 6) is 0.461. The molecule has 0 unspecified atom stereocenters. The molecular weight excluding hydrogens is 1150 g/mol. The summed E-state index contributed by atoms with van der Waals surface area (Å²) < 4.78 is 8.90. The summed E-state index contributed by atoms with van der Waals surface area (Å²) in [5, 5.41) is 70.6. The highest BCUT2D eigenvalue weighted by atomic mass is 15.1. The Morgan fingerprint density at radius 3 is 0.947 bits per heavy atom. The Morgan fingerprint density at radius 1 is 0.245 bits per heavy atom. The predicted molar refractivity (Wildman–Crippen MR) is 372 cm³/mol. The molecule has 0 aliphatic rings. The van der Waals surface area contributed by atoms with Gasteiger partial charge < -0.3 is 13.7 Å². The highest BCUT2D eigenvalue weighted by Gasteiger charge is 2.34. The summed E-state index contributed by atoms with van der Waals surface area (Å²) >= 11 is 0. The van der Waals surface area contributed by atoms with E-state index in [-0.39, 0.29) is 0 Å². The van der Waals surface area contributed by atoms with Crippen LogP contribution in [0.3, 0.4) is 0 Å². The van der Waals surface area contributed by atoms with Gasteiger partial charge in [0.25, 0.3) is 0 Å². The van der Waals surface area contributed by atoms with Crippen molar-refractivity contribution in [3.05, 3.63) is 294 Å². The first-order valence-corrected chi connectivity index (χ1v) is 30.4. The van der Waals surface area contributed by atoms with Crippen LogP contribution in [0.25, 0.3) is 155 Å². The molecule has 17 aromatic rings. The smallest absolute Gasteiger partial charge is 0.163 e. The minimum absolute atomic E-state index is 0.427. The van der Waals surface area contributed by atoms with Crippen LogP contribution in [0.1, 0.15) is 33.4 Å².